The average Bonchev–Trinajstić information content (AvgIpc) is 2.85. The van der Waals surface area contributed by atoms with Crippen LogP contribution >= 0.6 is 12.4 Å². The molecule has 0 spiro atoms. The number of rotatable bonds is 5. The molecule has 2 aliphatic heterocycles. The SMILES string of the molecule is Cl.NCCCC(=O)Nc1cccc2c1C(=O)N(C1CCC(=O)NC1=O)C2=O. The van der Waals surface area contributed by atoms with E-state index in [4.69, 9.17) is 5.73 Å². The van der Waals surface area contributed by atoms with Crippen molar-refractivity contribution in [2.75, 3.05) is 11.9 Å². The second-order valence-electron chi connectivity index (χ2n) is 6.12. The number of nitrogens with zero attached hydrogens (tertiary/aromatic N) is 1. The minimum absolute atomic E-state index is 0. The van der Waals surface area contributed by atoms with Gasteiger partial charge in [0.1, 0.15) is 6.04 Å². The molecule has 0 radical (unpaired) electrons. The Morgan fingerprint density at radius 1 is 1.22 bits per heavy atom. The summed E-state index contributed by atoms with van der Waals surface area (Å²) < 4.78 is 0. The van der Waals surface area contributed by atoms with Crippen molar-refractivity contribution in [3.63, 3.8) is 0 Å². The lowest BCUT2D eigenvalue weighted by atomic mass is 10.0. The first-order valence-corrected chi connectivity index (χ1v) is 8.28. The number of hydrogen-bond acceptors (Lipinski definition) is 6. The first kappa shape index (κ1) is 20.5. The van der Waals surface area contributed by atoms with Crippen molar-refractivity contribution in [1.82, 2.24) is 10.2 Å². The topological polar surface area (TPSA) is 139 Å². The van der Waals surface area contributed by atoms with Crippen LogP contribution in [0, 0.1) is 0 Å². The van der Waals surface area contributed by atoms with Crippen LogP contribution in [0.4, 0.5) is 5.69 Å². The summed E-state index contributed by atoms with van der Waals surface area (Å²) in [5.74, 6) is -2.70. The summed E-state index contributed by atoms with van der Waals surface area (Å²) >= 11 is 0. The van der Waals surface area contributed by atoms with E-state index in [1.165, 1.54) is 12.1 Å². The van der Waals surface area contributed by atoms with Crippen LogP contribution < -0.4 is 16.4 Å². The molecular formula is C17H19ClN4O5. The fourth-order valence-corrected chi connectivity index (χ4v) is 3.09. The third-order valence-corrected chi connectivity index (χ3v) is 4.35. The van der Waals surface area contributed by atoms with E-state index < -0.39 is 29.7 Å². The van der Waals surface area contributed by atoms with Crippen LogP contribution in [0.1, 0.15) is 46.4 Å². The van der Waals surface area contributed by atoms with Gasteiger partial charge in [-0.15, -0.1) is 12.4 Å². The second kappa shape index (κ2) is 8.28. The van der Waals surface area contributed by atoms with Crippen molar-refractivity contribution in [3.05, 3.63) is 29.3 Å². The molecule has 1 saturated heterocycles. The lowest BCUT2D eigenvalue weighted by Gasteiger charge is -2.27. The van der Waals surface area contributed by atoms with Crippen molar-refractivity contribution < 1.29 is 24.0 Å². The van der Waals surface area contributed by atoms with Gasteiger partial charge in [0, 0.05) is 12.8 Å². The molecule has 144 valence electrons. The van der Waals surface area contributed by atoms with Crippen LogP contribution in [0.2, 0.25) is 0 Å². The van der Waals surface area contributed by atoms with E-state index in [2.05, 4.69) is 10.6 Å². The quantitative estimate of drug-likeness (QED) is 0.609. The summed E-state index contributed by atoms with van der Waals surface area (Å²) in [6, 6.07) is 3.51. The number of halogens is 1. The van der Waals surface area contributed by atoms with E-state index in [0.717, 1.165) is 4.90 Å². The van der Waals surface area contributed by atoms with E-state index in [9.17, 15) is 24.0 Å². The summed E-state index contributed by atoms with van der Waals surface area (Å²) in [7, 11) is 0. The van der Waals surface area contributed by atoms with E-state index in [-0.39, 0.29) is 54.4 Å². The number of fused-ring (bicyclic) bond motifs is 1. The molecule has 0 aromatic heterocycles. The van der Waals surface area contributed by atoms with Crippen LogP contribution in [0.25, 0.3) is 0 Å². The van der Waals surface area contributed by atoms with Crippen molar-refractivity contribution in [3.8, 4) is 0 Å². The zero-order valence-electron chi connectivity index (χ0n) is 14.3. The number of piperidine rings is 1. The van der Waals surface area contributed by atoms with Gasteiger partial charge < -0.3 is 11.1 Å². The number of nitrogens with one attached hydrogen (secondary N) is 2. The predicted molar refractivity (Wildman–Crippen MR) is 97.3 cm³/mol. The monoisotopic (exact) mass is 394 g/mol. The van der Waals surface area contributed by atoms with E-state index in [1.807, 2.05) is 0 Å². The highest BCUT2D eigenvalue weighted by Crippen LogP contribution is 2.32. The summed E-state index contributed by atoms with van der Waals surface area (Å²) in [5, 5.41) is 4.76. The Morgan fingerprint density at radius 2 is 1.96 bits per heavy atom. The molecule has 0 aliphatic carbocycles. The standard InChI is InChI=1S/C17H18N4O5.ClH/c18-8-2-5-12(22)19-10-4-1-3-9-14(10)17(26)21(16(9)25)11-6-7-13(23)20-15(11)24;/h1,3-4,11H,2,5-8,18H2,(H,19,22)(H,20,23,24);1H. The van der Waals surface area contributed by atoms with E-state index >= 15 is 0 Å². The van der Waals surface area contributed by atoms with Gasteiger partial charge in [-0.25, -0.2) is 0 Å². The number of benzene rings is 1. The molecular weight excluding hydrogens is 376 g/mol. The third kappa shape index (κ3) is 3.83. The highest BCUT2D eigenvalue weighted by atomic mass is 35.5. The highest BCUT2D eigenvalue weighted by molar-refractivity contribution is 6.26. The molecule has 10 heteroatoms. The van der Waals surface area contributed by atoms with E-state index in [1.54, 1.807) is 6.07 Å². The number of hydrogen-bond donors (Lipinski definition) is 3. The molecule has 1 aromatic carbocycles. The average molecular weight is 395 g/mol. The molecule has 2 heterocycles. The van der Waals surface area contributed by atoms with E-state index in [0.29, 0.717) is 13.0 Å². The Hall–Kier alpha value is -2.78. The van der Waals surface area contributed by atoms with Gasteiger partial charge in [0.05, 0.1) is 16.8 Å². The maximum atomic E-state index is 12.8. The lowest BCUT2D eigenvalue weighted by molar-refractivity contribution is -0.136. The van der Waals surface area contributed by atoms with Crippen molar-refractivity contribution in [2.24, 2.45) is 5.73 Å². The Bertz CT molecular complexity index is 826. The molecule has 1 aromatic rings. The molecule has 1 atom stereocenters. The zero-order valence-corrected chi connectivity index (χ0v) is 15.1. The molecule has 2 aliphatic rings. The number of carbonyl (C=O) groups is 5. The lowest BCUT2D eigenvalue weighted by Crippen LogP contribution is -2.54. The number of nitrogens with two attached hydrogens (primary N) is 1. The van der Waals surface area contributed by atoms with Gasteiger partial charge in [-0.2, -0.15) is 0 Å². The van der Waals surface area contributed by atoms with Gasteiger partial charge in [0.15, 0.2) is 0 Å². The van der Waals surface area contributed by atoms with Crippen LogP contribution in [0.5, 0.6) is 0 Å². The van der Waals surface area contributed by atoms with Crippen molar-refractivity contribution in [2.45, 2.75) is 31.7 Å². The summed E-state index contributed by atoms with van der Waals surface area (Å²) in [6.45, 7) is 0.362. The Morgan fingerprint density at radius 3 is 2.63 bits per heavy atom. The molecule has 3 rings (SSSR count). The maximum Gasteiger partial charge on any atom is 0.264 e. The van der Waals surface area contributed by atoms with Crippen LogP contribution in [-0.2, 0) is 14.4 Å². The predicted octanol–water partition coefficient (Wildman–Crippen LogP) is 0.187. The van der Waals surface area contributed by atoms with Crippen LogP contribution in [0.3, 0.4) is 0 Å². The molecule has 27 heavy (non-hydrogen) atoms. The number of amides is 5. The van der Waals surface area contributed by atoms with Gasteiger partial charge >= 0.3 is 0 Å². The van der Waals surface area contributed by atoms with Crippen LogP contribution in [-0.4, -0.2) is 47.0 Å². The largest absolute Gasteiger partial charge is 0.330 e. The molecule has 1 fully saturated rings. The molecule has 1 unspecified atom stereocenters. The molecule has 4 N–H and O–H groups in total. The van der Waals surface area contributed by atoms with Gasteiger partial charge in [0.2, 0.25) is 17.7 Å². The Labute approximate surface area is 161 Å². The second-order valence-corrected chi connectivity index (χ2v) is 6.12. The van der Waals surface area contributed by atoms with Gasteiger partial charge in [-0.05, 0) is 31.5 Å². The van der Waals surface area contributed by atoms with Gasteiger partial charge in [0.25, 0.3) is 11.8 Å². The normalized spacial score (nSPS) is 18.7. The third-order valence-electron chi connectivity index (χ3n) is 4.35. The minimum Gasteiger partial charge on any atom is -0.330 e. The van der Waals surface area contributed by atoms with Crippen LogP contribution in [0.15, 0.2) is 18.2 Å². The summed E-state index contributed by atoms with van der Waals surface area (Å²) in [6.07, 6.45) is 0.816. The van der Waals surface area contributed by atoms with Crippen molar-refractivity contribution in [1.29, 1.82) is 0 Å². The minimum atomic E-state index is -1.04. The maximum absolute atomic E-state index is 12.8. The number of anilines is 1. The fraction of sp³-hybridized carbons (Fsp3) is 0.353. The Balaban J connectivity index is 0.00000261. The highest BCUT2D eigenvalue weighted by Gasteiger charge is 2.45. The molecule has 9 nitrogen and oxygen atoms in total. The number of imide groups is 2. The zero-order chi connectivity index (χ0) is 18.8. The first-order chi connectivity index (χ1) is 12.4. The van der Waals surface area contributed by atoms with Gasteiger partial charge in [-0.1, -0.05) is 6.07 Å². The summed E-state index contributed by atoms with van der Waals surface area (Å²) in [4.78, 5) is 61.6. The molecule has 5 amide bonds. The first-order valence-electron chi connectivity index (χ1n) is 8.28. The number of carbonyl (C=O) groups excluding carboxylic acids is 5. The smallest absolute Gasteiger partial charge is 0.264 e. The van der Waals surface area contributed by atoms with Gasteiger partial charge in [-0.3, -0.25) is 34.2 Å². The molecule has 0 saturated carbocycles. The fourth-order valence-electron chi connectivity index (χ4n) is 3.09. The Kier molecular flexibility index (Phi) is 6.29. The summed E-state index contributed by atoms with van der Waals surface area (Å²) in [5.41, 5.74) is 5.78. The molecule has 0 bridgehead atoms. The van der Waals surface area contributed by atoms with Crippen molar-refractivity contribution >= 4 is 47.6 Å².